The quantitative estimate of drug-likeness (QED) is 0.201. The van der Waals surface area contributed by atoms with E-state index in [4.69, 9.17) is 0 Å². The Labute approximate surface area is 228 Å². The largest absolute Gasteiger partial charge is 1.00 e. The van der Waals surface area contributed by atoms with E-state index in [9.17, 15) is 0 Å². The number of fused-ring (bicyclic) bond motifs is 3. The van der Waals surface area contributed by atoms with E-state index in [1.807, 2.05) is 0 Å². The van der Waals surface area contributed by atoms with Crippen molar-refractivity contribution in [3.8, 4) is 22.3 Å². The Hall–Kier alpha value is -2.58. The zero-order valence-electron chi connectivity index (χ0n) is 18.7. The molecule has 0 N–H and O–H groups in total. The second-order valence-electron chi connectivity index (χ2n) is 7.40. The molecule has 0 bridgehead atoms. The van der Waals surface area contributed by atoms with E-state index in [1.165, 1.54) is 43.8 Å². The average Bonchev–Trinajstić information content (AvgIpc) is 3.52. The van der Waals surface area contributed by atoms with E-state index in [2.05, 4.69) is 138 Å². The molecule has 168 valence electrons. The predicted octanol–water partition coefficient (Wildman–Crippen LogP) is 2.42. The molecule has 0 atom stereocenters. The maximum absolute atomic E-state index is 3.39. The fourth-order valence-corrected chi connectivity index (χ4v) is 4.06. The molecule has 0 aliphatic rings. The van der Waals surface area contributed by atoms with Crippen LogP contribution in [0.2, 0.25) is 0 Å². The summed E-state index contributed by atoms with van der Waals surface area (Å²) in [5, 5.41) is 5.39. The van der Waals surface area contributed by atoms with E-state index in [-0.39, 0.29) is 24.8 Å². The van der Waals surface area contributed by atoms with E-state index in [0.29, 0.717) is 0 Å². The van der Waals surface area contributed by atoms with Crippen LogP contribution in [0.25, 0.3) is 43.8 Å². The number of hydrogen-bond donors (Lipinski definition) is 0. The molecule has 0 radical (unpaired) electrons. The van der Waals surface area contributed by atoms with Gasteiger partial charge in [0.05, 0.1) is 0 Å². The first-order chi connectivity index (χ1) is 15.9. The van der Waals surface area contributed by atoms with Crippen LogP contribution >= 0.6 is 0 Å². The van der Waals surface area contributed by atoms with Crippen LogP contribution in [0.3, 0.4) is 0 Å². The third-order valence-corrected chi connectivity index (χ3v) is 5.51. The number of halogens is 2. The van der Waals surface area contributed by atoms with Gasteiger partial charge in [-0.1, -0.05) is 102 Å². The normalized spacial score (nSPS) is 9.59. The molecule has 0 spiro atoms. The van der Waals surface area contributed by atoms with E-state index in [1.54, 1.807) is 0 Å². The van der Waals surface area contributed by atoms with Crippen LogP contribution < -0.4 is 24.8 Å². The van der Waals surface area contributed by atoms with Crippen molar-refractivity contribution in [1.82, 2.24) is 0 Å². The van der Waals surface area contributed by atoms with Crippen molar-refractivity contribution in [3.05, 3.63) is 133 Å². The third-order valence-electron chi connectivity index (χ3n) is 5.51. The SMILES string of the molecule is [CH2]=[Hf+2].[Cl-].[Cl-].c1ccc(-c2ccc[c-]2-c2ccccc2)cc1.c1ccc2c(c1)[cH-]c1ccccc12. The molecule has 6 aromatic carbocycles. The van der Waals surface area contributed by atoms with Crippen molar-refractivity contribution in [1.29, 1.82) is 0 Å². The maximum atomic E-state index is 3.39. The Kier molecular flexibility index (Phi) is 11.4. The first-order valence-electron chi connectivity index (χ1n) is 10.7. The zero-order valence-corrected chi connectivity index (χ0v) is 23.8. The van der Waals surface area contributed by atoms with Crippen LogP contribution in [0, 0.1) is 0 Å². The van der Waals surface area contributed by atoms with Crippen LogP contribution in [0.4, 0.5) is 0 Å². The van der Waals surface area contributed by atoms with Crippen molar-refractivity contribution in [2.24, 2.45) is 0 Å². The zero-order chi connectivity index (χ0) is 22.2. The van der Waals surface area contributed by atoms with Gasteiger partial charge >= 0.3 is 28.2 Å². The second-order valence-corrected chi connectivity index (χ2v) is 7.40. The molecule has 6 aromatic rings. The maximum Gasteiger partial charge on any atom is -0.0633 e. The molecule has 0 nitrogen and oxygen atoms in total. The van der Waals surface area contributed by atoms with Gasteiger partial charge in [-0.3, -0.25) is 0 Å². The Bertz CT molecular complexity index is 1290. The van der Waals surface area contributed by atoms with Crippen LogP contribution in [0.15, 0.2) is 133 Å². The summed E-state index contributed by atoms with van der Waals surface area (Å²) in [5.74, 6) is 0. The van der Waals surface area contributed by atoms with Gasteiger partial charge in [-0.2, -0.15) is 0 Å². The smallest absolute Gasteiger partial charge is 0.0633 e. The molecule has 0 aliphatic carbocycles. The summed E-state index contributed by atoms with van der Waals surface area (Å²) >= 11 is 1.06. The molecule has 0 fully saturated rings. The fourth-order valence-electron chi connectivity index (χ4n) is 4.06. The Morgan fingerprint density at radius 1 is 0.529 bits per heavy atom. The van der Waals surface area contributed by atoms with Crippen LogP contribution in [0.5, 0.6) is 0 Å². The van der Waals surface area contributed by atoms with Gasteiger partial charge in [0.15, 0.2) is 0 Å². The van der Waals surface area contributed by atoms with E-state index >= 15 is 0 Å². The Morgan fingerprint density at radius 2 is 1.00 bits per heavy atom. The summed E-state index contributed by atoms with van der Waals surface area (Å²) in [7, 11) is 0. The predicted molar refractivity (Wildman–Crippen MR) is 137 cm³/mol. The summed E-state index contributed by atoms with van der Waals surface area (Å²) in [5.41, 5.74) is 5.15. The van der Waals surface area contributed by atoms with Gasteiger partial charge in [-0.25, -0.2) is 0 Å². The minimum Gasteiger partial charge on any atom is -1.00 e. The Morgan fingerprint density at radius 3 is 1.56 bits per heavy atom. The molecule has 0 aromatic heterocycles. The van der Waals surface area contributed by atoms with Gasteiger partial charge in [-0.15, -0.1) is 75.6 Å². The molecule has 34 heavy (non-hydrogen) atoms. The van der Waals surface area contributed by atoms with Crippen molar-refractivity contribution < 1.29 is 48.7 Å². The summed E-state index contributed by atoms with van der Waals surface area (Å²) < 4.78 is 3.39. The van der Waals surface area contributed by atoms with Crippen molar-refractivity contribution in [2.75, 3.05) is 0 Å². The van der Waals surface area contributed by atoms with Crippen molar-refractivity contribution in [2.45, 2.75) is 0 Å². The number of rotatable bonds is 2. The molecule has 0 amide bonds. The number of hydrogen-bond acceptors (Lipinski definition) is 0. The molecule has 0 saturated heterocycles. The van der Waals surface area contributed by atoms with Crippen molar-refractivity contribution in [3.63, 3.8) is 0 Å². The second kappa shape index (κ2) is 14.0. The molecule has 0 heterocycles. The van der Waals surface area contributed by atoms with Gasteiger partial charge in [0.25, 0.3) is 0 Å². The third kappa shape index (κ3) is 6.30. The van der Waals surface area contributed by atoms with Crippen LogP contribution in [0.1, 0.15) is 0 Å². The van der Waals surface area contributed by atoms with E-state index < -0.39 is 0 Å². The summed E-state index contributed by atoms with van der Waals surface area (Å²) in [4.78, 5) is 0. The standard InChI is InChI=1S/C17H13.C13H9.CH2.2ClH.Hf/c1-3-8-14(9-4-1)16-12-7-13-17(16)15-10-5-2-6-11-15;1-3-7-12-10(5-1)9-11-6-2-4-8-13(11)12;;;;/h1-13H;1-9H;1H2;2*1H;/q2*-1;;;;+2/p-2. The van der Waals surface area contributed by atoms with E-state index in [0.717, 1.165) is 23.9 Å². The summed E-state index contributed by atoms with van der Waals surface area (Å²) in [6.45, 7) is 0. The number of benzene rings is 4. The molecule has 3 heteroatoms. The Balaban J connectivity index is 0.000000217. The van der Waals surface area contributed by atoms with Crippen LogP contribution in [-0.2, 0) is 23.9 Å². The average molecular weight is 646 g/mol. The van der Waals surface area contributed by atoms with Gasteiger partial charge in [0.1, 0.15) is 0 Å². The van der Waals surface area contributed by atoms with Gasteiger partial charge in [-0.05, 0) is 0 Å². The monoisotopic (exact) mass is 646 g/mol. The molecular formula is C31H24Cl2Hf-2. The minimum atomic E-state index is 0. The molecular weight excluding hydrogens is 622 g/mol. The van der Waals surface area contributed by atoms with Gasteiger partial charge < -0.3 is 24.8 Å². The summed E-state index contributed by atoms with van der Waals surface area (Å²) in [6.07, 6.45) is 0. The molecule has 6 rings (SSSR count). The minimum absolute atomic E-state index is 0. The fraction of sp³-hybridized carbons (Fsp3) is 0. The van der Waals surface area contributed by atoms with Crippen LogP contribution in [-0.4, -0.2) is 4.26 Å². The summed E-state index contributed by atoms with van der Waals surface area (Å²) in [6, 6.07) is 46.8. The van der Waals surface area contributed by atoms with Gasteiger partial charge in [0.2, 0.25) is 0 Å². The first-order valence-corrected chi connectivity index (χ1v) is 13.2. The molecule has 0 saturated carbocycles. The molecule has 0 unspecified atom stereocenters. The van der Waals surface area contributed by atoms with Crippen molar-refractivity contribution >= 4 is 25.8 Å². The first kappa shape index (κ1) is 27.7. The van der Waals surface area contributed by atoms with Gasteiger partial charge in [0, 0.05) is 0 Å². The topological polar surface area (TPSA) is 0 Å². The molecule has 0 aliphatic heterocycles.